The van der Waals surface area contributed by atoms with Crippen molar-refractivity contribution in [1.29, 1.82) is 0 Å². The summed E-state index contributed by atoms with van der Waals surface area (Å²) in [6.07, 6.45) is 1.61. The molecule has 27 heavy (non-hydrogen) atoms. The second-order valence-electron chi connectivity index (χ2n) is 5.46. The molecule has 10 heteroatoms. The number of rotatable bonds is 6. The van der Waals surface area contributed by atoms with Gasteiger partial charge in [0.15, 0.2) is 5.16 Å². The number of anilines is 1. The van der Waals surface area contributed by atoms with Crippen LogP contribution in [0.25, 0.3) is 16.7 Å². The van der Waals surface area contributed by atoms with Crippen molar-refractivity contribution in [2.75, 3.05) is 18.2 Å². The van der Waals surface area contributed by atoms with Crippen LogP contribution in [0.15, 0.2) is 53.9 Å². The Kier molecular flexibility index (Phi) is 4.99. The highest BCUT2D eigenvalue weighted by atomic mass is 32.2. The molecule has 0 radical (unpaired) electrons. The van der Waals surface area contributed by atoms with Gasteiger partial charge >= 0.3 is 0 Å². The van der Waals surface area contributed by atoms with E-state index < -0.39 is 0 Å². The highest BCUT2D eigenvalue weighted by Crippen LogP contribution is 2.23. The van der Waals surface area contributed by atoms with E-state index in [0.717, 1.165) is 28.7 Å². The second-order valence-corrected chi connectivity index (χ2v) is 6.93. The van der Waals surface area contributed by atoms with E-state index in [9.17, 15) is 4.79 Å². The van der Waals surface area contributed by atoms with Crippen LogP contribution in [0.4, 0.5) is 5.69 Å². The molecule has 4 aromatic rings. The largest absolute Gasteiger partial charge is 0.497 e. The van der Waals surface area contributed by atoms with Crippen molar-refractivity contribution in [3.05, 3.63) is 48.8 Å². The monoisotopic (exact) mass is 398 g/mol. The molecule has 1 N–H and O–H groups in total. The van der Waals surface area contributed by atoms with E-state index in [0.29, 0.717) is 16.4 Å². The molecule has 0 fully saturated rings. The highest BCUT2D eigenvalue weighted by molar-refractivity contribution is 7.99. The predicted molar refractivity (Wildman–Crippen MR) is 105 cm³/mol. The number of ether oxygens (including phenoxy) is 1. The molecule has 0 aliphatic rings. The average Bonchev–Trinajstić information content (AvgIpc) is 3.36. The molecule has 0 saturated carbocycles. The molecule has 2 aromatic carbocycles. The number of benzene rings is 2. The molecule has 4 rings (SSSR count). The standard InChI is InChI=1S/C17H14N6O2S2/c1-25-12-7-5-11(6-8-12)23-10-18-20-17(23)26-9-15(24)19-13-3-2-4-14-16(13)22-27-21-14/h2-8,10H,9H2,1H3,(H,19,24). The van der Waals surface area contributed by atoms with Gasteiger partial charge in [-0.05, 0) is 36.4 Å². The molecule has 8 nitrogen and oxygen atoms in total. The van der Waals surface area contributed by atoms with Crippen molar-refractivity contribution in [2.24, 2.45) is 0 Å². The van der Waals surface area contributed by atoms with Crippen LogP contribution in [0.1, 0.15) is 0 Å². The SMILES string of the molecule is COc1ccc(-n2cnnc2SCC(=O)Nc2cccc3nsnc23)cc1. The van der Waals surface area contributed by atoms with E-state index in [4.69, 9.17) is 4.74 Å². The maximum Gasteiger partial charge on any atom is 0.234 e. The number of aromatic nitrogens is 5. The van der Waals surface area contributed by atoms with E-state index in [-0.39, 0.29) is 11.7 Å². The summed E-state index contributed by atoms with van der Waals surface area (Å²) in [5.74, 6) is 0.818. The van der Waals surface area contributed by atoms with Crippen LogP contribution in [-0.4, -0.2) is 42.3 Å². The molecule has 1 amide bonds. The van der Waals surface area contributed by atoms with Gasteiger partial charge in [0.25, 0.3) is 0 Å². The zero-order chi connectivity index (χ0) is 18.6. The van der Waals surface area contributed by atoms with E-state index in [1.54, 1.807) is 13.4 Å². The van der Waals surface area contributed by atoms with Crippen molar-refractivity contribution < 1.29 is 9.53 Å². The fourth-order valence-electron chi connectivity index (χ4n) is 2.47. The van der Waals surface area contributed by atoms with E-state index in [1.807, 2.05) is 47.0 Å². The molecule has 0 saturated heterocycles. The van der Waals surface area contributed by atoms with Crippen molar-refractivity contribution in [3.8, 4) is 11.4 Å². The number of amides is 1. The normalized spacial score (nSPS) is 10.9. The maximum absolute atomic E-state index is 12.4. The molecule has 0 aliphatic heterocycles. The third kappa shape index (κ3) is 3.76. The first-order valence-electron chi connectivity index (χ1n) is 7.93. The number of hydrogen-bond donors (Lipinski definition) is 1. The number of fused-ring (bicyclic) bond motifs is 1. The lowest BCUT2D eigenvalue weighted by Crippen LogP contribution is -2.14. The summed E-state index contributed by atoms with van der Waals surface area (Å²) in [6.45, 7) is 0. The molecule has 0 unspecified atom stereocenters. The first-order chi connectivity index (χ1) is 13.2. The summed E-state index contributed by atoms with van der Waals surface area (Å²) < 4.78 is 15.4. The molecule has 0 aliphatic carbocycles. The summed E-state index contributed by atoms with van der Waals surface area (Å²) in [7, 11) is 1.62. The zero-order valence-electron chi connectivity index (χ0n) is 14.2. The second kappa shape index (κ2) is 7.72. The van der Waals surface area contributed by atoms with Gasteiger partial charge < -0.3 is 10.1 Å². The Bertz CT molecular complexity index is 1080. The molecular formula is C17H14N6O2S2. The fraction of sp³-hybridized carbons (Fsp3) is 0.118. The molecular weight excluding hydrogens is 384 g/mol. The lowest BCUT2D eigenvalue weighted by atomic mass is 10.2. The highest BCUT2D eigenvalue weighted by Gasteiger charge is 2.12. The van der Waals surface area contributed by atoms with E-state index >= 15 is 0 Å². The number of nitrogens with one attached hydrogen (secondary N) is 1. The number of thioether (sulfide) groups is 1. The maximum atomic E-state index is 12.4. The van der Waals surface area contributed by atoms with Crippen molar-refractivity contribution in [3.63, 3.8) is 0 Å². The lowest BCUT2D eigenvalue weighted by molar-refractivity contribution is -0.113. The minimum Gasteiger partial charge on any atom is -0.497 e. The van der Waals surface area contributed by atoms with Crippen LogP contribution in [-0.2, 0) is 4.79 Å². The first-order valence-corrected chi connectivity index (χ1v) is 9.64. The third-order valence-corrected chi connectivity index (χ3v) is 5.25. The molecule has 0 atom stereocenters. The van der Waals surface area contributed by atoms with E-state index in [1.165, 1.54) is 11.8 Å². The van der Waals surface area contributed by atoms with Gasteiger partial charge in [-0.25, -0.2) is 0 Å². The van der Waals surface area contributed by atoms with Gasteiger partial charge in [0, 0.05) is 5.69 Å². The minimum atomic E-state index is -0.148. The Morgan fingerprint density at radius 1 is 1.22 bits per heavy atom. The summed E-state index contributed by atoms with van der Waals surface area (Å²) in [4.78, 5) is 12.4. The number of nitrogens with zero attached hydrogens (tertiary/aromatic N) is 5. The van der Waals surface area contributed by atoms with Gasteiger partial charge in [-0.1, -0.05) is 17.8 Å². The Labute approximate surface area is 162 Å². The molecule has 0 bridgehead atoms. The Morgan fingerprint density at radius 2 is 2.07 bits per heavy atom. The van der Waals surface area contributed by atoms with Gasteiger partial charge in [-0.2, -0.15) is 8.75 Å². The minimum absolute atomic E-state index is 0.148. The van der Waals surface area contributed by atoms with Gasteiger partial charge in [0.05, 0.1) is 30.3 Å². The topological polar surface area (TPSA) is 94.8 Å². The summed E-state index contributed by atoms with van der Waals surface area (Å²) in [6, 6.07) is 13.0. The summed E-state index contributed by atoms with van der Waals surface area (Å²) >= 11 is 2.43. The summed E-state index contributed by atoms with van der Waals surface area (Å²) in [5.41, 5.74) is 3.01. The third-order valence-electron chi connectivity index (χ3n) is 3.76. The molecule has 2 heterocycles. The van der Waals surface area contributed by atoms with Crippen molar-refractivity contribution in [2.45, 2.75) is 5.16 Å². The number of methoxy groups -OCH3 is 1. The first kappa shape index (κ1) is 17.4. The number of carbonyl (C=O) groups excluding carboxylic acids is 1. The Hall–Kier alpha value is -2.98. The van der Waals surface area contributed by atoms with Crippen LogP contribution in [0.5, 0.6) is 5.75 Å². The van der Waals surface area contributed by atoms with Crippen LogP contribution < -0.4 is 10.1 Å². The van der Waals surface area contributed by atoms with Gasteiger partial charge in [0.1, 0.15) is 23.1 Å². The zero-order valence-corrected chi connectivity index (χ0v) is 15.8. The lowest BCUT2D eigenvalue weighted by Gasteiger charge is -2.08. The van der Waals surface area contributed by atoms with Crippen LogP contribution in [0.2, 0.25) is 0 Å². The van der Waals surface area contributed by atoms with Gasteiger partial charge in [0.2, 0.25) is 5.91 Å². The molecule has 136 valence electrons. The van der Waals surface area contributed by atoms with E-state index in [2.05, 4.69) is 24.3 Å². The van der Waals surface area contributed by atoms with Crippen LogP contribution in [0.3, 0.4) is 0 Å². The molecule has 2 aromatic heterocycles. The predicted octanol–water partition coefficient (Wildman–Crippen LogP) is 3.01. The van der Waals surface area contributed by atoms with Crippen LogP contribution >= 0.6 is 23.5 Å². The number of hydrogen-bond acceptors (Lipinski definition) is 8. The van der Waals surface area contributed by atoms with Gasteiger partial charge in [-0.15, -0.1) is 10.2 Å². The van der Waals surface area contributed by atoms with Crippen LogP contribution in [0, 0.1) is 0 Å². The average molecular weight is 398 g/mol. The Balaban J connectivity index is 1.44. The number of carbonyl (C=O) groups is 1. The Morgan fingerprint density at radius 3 is 2.89 bits per heavy atom. The fourth-order valence-corrected chi connectivity index (χ4v) is 3.74. The quantitative estimate of drug-likeness (QED) is 0.499. The van der Waals surface area contributed by atoms with Crippen molar-refractivity contribution >= 4 is 46.1 Å². The van der Waals surface area contributed by atoms with Gasteiger partial charge in [-0.3, -0.25) is 9.36 Å². The smallest absolute Gasteiger partial charge is 0.234 e. The molecule has 0 spiro atoms. The summed E-state index contributed by atoms with van der Waals surface area (Å²) in [5, 5.41) is 11.6. The van der Waals surface area contributed by atoms with Crippen molar-refractivity contribution in [1.82, 2.24) is 23.5 Å².